The van der Waals surface area contributed by atoms with E-state index in [4.69, 9.17) is 27.9 Å². The third-order valence-electron chi connectivity index (χ3n) is 3.39. The van der Waals surface area contributed by atoms with Crippen molar-refractivity contribution in [2.75, 3.05) is 13.7 Å². The topological polar surface area (TPSA) is 86.7 Å². The summed E-state index contributed by atoms with van der Waals surface area (Å²) in [5.41, 5.74) is 0.710. The minimum atomic E-state index is -0.553. The largest absolute Gasteiger partial charge is 0.383 e. The average Bonchev–Trinajstić information content (AvgIpc) is 3.18. The molecule has 0 fully saturated rings. The third kappa shape index (κ3) is 3.81. The molecule has 0 bridgehead atoms. The highest BCUT2D eigenvalue weighted by Crippen LogP contribution is 2.30. The first kappa shape index (κ1) is 19.0. The maximum atomic E-state index is 12.4. The molecule has 1 amide bonds. The van der Waals surface area contributed by atoms with Gasteiger partial charge in [-0.3, -0.25) is 14.9 Å². The van der Waals surface area contributed by atoms with Crippen LogP contribution in [-0.4, -0.2) is 29.1 Å². The van der Waals surface area contributed by atoms with Crippen molar-refractivity contribution in [2.45, 2.75) is 6.54 Å². The van der Waals surface area contributed by atoms with Gasteiger partial charge in [0.05, 0.1) is 26.8 Å². The van der Waals surface area contributed by atoms with Crippen LogP contribution < -0.4 is 4.80 Å². The third-order valence-corrected chi connectivity index (χ3v) is 5.95. The van der Waals surface area contributed by atoms with Crippen molar-refractivity contribution in [3.63, 3.8) is 0 Å². The average molecular weight is 432 g/mol. The second-order valence-corrected chi connectivity index (χ2v) is 7.99. The van der Waals surface area contributed by atoms with Gasteiger partial charge in [-0.2, -0.15) is 4.99 Å². The Morgan fingerprint density at radius 3 is 2.77 bits per heavy atom. The molecule has 0 saturated heterocycles. The standard InChI is InChI=1S/C15H11Cl2N3O4S2/c1-24-5-4-19-13-9(17)6-8(16)7-11(13)26-15(19)18-14(21)10-2-3-12(25-10)20(22)23/h2-3,6-7H,4-5H2,1H3. The summed E-state index contributed by atoms with van der Waals surface area (Å²) < 4.78 is 7.68. The van der Waals surface area contributed by atoms with Gasteiger partial charge in [-0.25, -0.2) is 0 Å². The predicted molar refractivity (Wildman–Crippen MR) is 103 cm³/mol. The van der Waals surface area contributed by atoms with Crippen LogP contribution in [0.15, 0.2) is 29.3 Å². The number of thiophene rings is 1. The molecule has 7 nitrogen and oxygen atoms in total. The van der Waals surface area contributed by atoms with Gasteiger partial charge in [0, 0.05) is 24.7 Å². The summed E-state index contributed by atoms with van der Waals surface area (Å²) in [5.74, 6) is -0.553. The number of rotatable bonds is 5. The molecule has 26 heavy (non-hydrogen) atoms. The maximum absolute atomic E-state index is 12.4. The number of benzene rings is 1. The predicted octanol–water partition coefficient (Wildman–Crippen LogP) is 4.37. The fourth-order valence-corrected chi connectivity index (χ4v) is 4.83. The summed E-state index contributed by atoms with van der Waals surface area (Å²) in [6.07, 6.45) is 0. The Balaban J connectivity index is 2.12. The molecular formula is C15H11Cl2N3O4S2. The van der Waals surface area contributed by atoms with Gasteiger partial charge >= 0.3 is 5.00 Å². The van der Waals surface area contributed by atoms with Gasteiger partial charge in [0.25, 0.3) is 5.91 Å². The minimum Gasteiger partial charge on any atom is -0.383 e. The lowest BCUT2D eigenvalue weighted by Crippen LogP contribution is -2.19. The summed E-state index contributed by atoms with van der Waals surface area (Å²) >= 11 is 14.4. The number of carbonyl (C=O) groups is 1. The van der Waals surface area contributed by atoms with Crippen LogP contribution in [0.2, 0.25) is 10.0 Å². The number of halogens is 2. The van der Waals surface area contributed by atoms with Gasteiger partial charge in [-0.05, 0) is 18.2 Å². The smallest absolute Gasteiger partial charge is 0.324 e. The number of nitrogens with zero attached hydrogens (tertiary/aromatic N) is 3. The zero-order valence-electron chi connectivity index (χ0n) is 13.3. The first-order valence-electron chi connectivity index (χ1n) is 7.21. The molecule has 0 spiro atoms. The van der Waals surface area contributed by atoms with E-state index in [1.165, 1.54) is 23.5 Å². The van der Waals surface area contributed by atoms with Crippen molar-refractivity contribution in [3.8, 4) is 0 Å². The van der Waals surface area contributed by atoms with Crippen LogP contribution in [0.25, 0.3) is 10.2 Å². The highest BCUT2D eigenvalue weighted by Gasteiger charge is 2.16. The quantitative estimate of drug-likeness (QED) is 0.443. The Morgan fingerprint density at radius 2 is 2.12 bits per heavy atom. The minimum absolute atomic E-state index is 0.109. The van der Waals surface area contributed by atoms with E-state index in [1.807, 2.05) is 0 Å². The number of nitro groups is 1. The fraction of sp³-hybridized carbons (Fsp3) is 0.200. The van der Waals surface area contributed by atoms with Gasteiger partial charge in [-0.15, -0.1) is 0 Å². The molecule has 2 heterocycles. The molecule has 0 N–H and O–H groups in total. The van der Waals surface area contributed by atoms with Crippen LogP contribution in [0.1, 0.15) is 9.67 Å². The Morgan fingerprint density at radius 1 is 1.35 bits per heavy atom. The lowest BCUT2D eigenvalue weighted by molar-refractivity contribution is -0.380. The number of aromatic nitrogens is 1. The molecular weight excluding hydrogens is 421 g/mol. The second-order valence-electron chi connectivity index (χ2n) is 5.08. The number of fused-ring (bicyclic) bond motifs is 1. The van der Waals surface area contributed by atoms with E-state index in [9.17, 15) is 14.9 Å². The summed E-state index contributed by atoms with van der Waals surface area (Å²) in [7, 11) is 1.57. The molecule has 0 aliphatic carbocycles. The van der Waals surface area contributed by atoms with Gasteiger partial charge in [0.1, 0.15) is 4.88 Å². The highest BCUT2D eigenvalue weighted by atomic mass is 35.5. The number of amides is 1. The van der Waals surface area contributed by atoms with Crippen molar-refractivity contribution in [3.05, 3.63) is 54.1 Å². The van der Waals surface area contributed by atoms with Crippen LogP contribution in [0.5, 0.6) is 0 Å². The molecule has 0 saturated carbocycles. The summed E-state index contributed by atoms with van der Waals surface area (Å²) in [6.45, 7) is 0.838. The molecule has 11 heteroatoms. The Hall–Kier alpha value is -1.78. The van der Waals surface area contributed by atoms with Crippen LogP contribution in [0.4, 0.5) is 5.00 Å². The molecule has 0 radical (unpaired) electrons. The van der Waals surface area contributed by atoms with Crippen molar-refractivity contribution < 1.29 is 14.5 Å². The first-order chi connectivity index (χ1) is 12.4. The number of ether oxygens (including phenoxy) is 1. The summed E-state index contributed by atoms with van der Waals surface area (Å²) in [4.78, 5) is 27.4. The lowest BCUT2D eigenvalue weighted by Gasteiger charge is -2.05. The summed E-state index contributed by atoms with van der Waals surface area (Å²) in [5, 5.41) is 11.6. The fourth-order valence-electron chi connectivity index (χ4n) is 2.29. The zero-order chi connectivity index (χ0) is 18.8. The molecule has 1 aromatic carbocycles. The van der Waals surface area contributed by atoms with Crippen molar-refractivity contribution in [2.24, 2.45) is 4.99 Å². The van der Waals surface area contributed by atoms with E-state index in [0.717, 1.165) is 16.0 Å². The number of thiazole rings is 1. The van der Waals surface area contributed by atoms with Crippen LogP contribution >= 0.6 is 45.9 Å². The maximum Gasteiger partial charge on any atom is 0.324 e. The number of methoxy groups -OCH3 is 1. The number of carbonyl (C=O) groups excluding carboxylic acids is 1. The second kappa shape index (κ2) is 7.85. The van der Waals surface area contributed by atoms with Crippen LogP contribution in [0, 0.1) is 10.1 Å². The molecule has 0 aliphatic heterocycles. The van der Waals surface area contributed by atoms with Crippen molar-refractivity contribution in [1.82, 2.24) is 4.57 Å². The zero-order valence-corrected chi connectivity index (χ0v) is 16.4. The Bertz CT molecular complexity index is 1070. The molecule has 3 aromatic rings. The number of hydrogen-bond donors (Lipinski definition) is 0. The van der Waals surface area contributed by atoms with E-state index >= 15 is 0 Å². The van der Waals surface area contributed by atoms with Gasteiger partial charge in [0.2, 0.25) is 0 Å². The van der Waals surface area contributed by atoms with Gasteiger partial charge in [-0.1, -0.05) is 45.9 Å². The van der Waals surface area contributed by atoms with E-state index < -0.39 is 10.8 Å². The van der Waals surface area contributed by atoms with Crippen molar-refractivity contribution >= 4 is 67.0 Å². The molecule has 2 aromatic heterocycles. The van der Waals surface area contributed by atoms with Crippen LogP contribution in [-0.2, 0) is 11.3 Å². The van der Waals surface area contributed by atoms with E-state index in [-0.39, 0.29) is 9.88 Å². The molecule has 3 rings (SSSR count). The molecule has 0 atom stereocenters. The lowest BCUT2D eigenvalue weighted by atomic mass is 10.3. The van der Waals surface area contributed by atoms with E-state index in [1.54, 1.807) is 23.8 Å². The highest BCUT2D eigenvalue weighted by molar-refractivity contribution is 7.17. The van der Waals surface area contributed by atoms with E-state index in [0.29, 0.717) is 33.5 Å². The molecule has 0 aliphatic rings. The Kier molecular flexibility index (Phi) is 5.73. The number of hydrogen-bond acceptors (Lipinski definition) is 6. The monoisotopic (exact) mass is 431 g/mol. The van der Waals surface area contributed by atoms with Gasteiger partial charge in [0.15, 0.2) is 4.80 Å². The summed E-state index contributed by atoms with van der Waals surface area (Å²) in [6, 6.07) is 6.05. The molecule has 0 unspecified atom stereocenters. The van der Waals surface area contributed by atoms with Crippen LogP contribution in [0.3, 0.4) is 0 Å². The van der Waals surface area contributed by atoms with Gasteiger partial charge < -0.3 is 9.30 Å². The Labute approximate surface area is 165 Å². The first-order valence-corrected chi connectivity index (χ1v) is 9.60. The van der Waals surface area contributed by atoms with Crippen molar-refractivity contribution in [1.29, 1.82) is 0 Å². The molecule has 136 valence electrons. The van der Waals surface area contributed by atoms with E-state index in [2.05, 4.69) is 4.99 Å². The SMILES string of the molecule is COCCn1c(=NC(=O)c2ccc([N+](=O)[O-])s2)sc2cc(Cl)cc(Cl)c21. The normalized spacial score (nSPS) is 12.0.